The molecule has 0 N–H and O–H groups in total. The quantitative estimate of drug-likeness (QED) is 0.684. The molecule has 0 aromatic carbocycles. The van der Waals surface area contributed by atoms with Crippen molar-refractivity contribution in [3.63, 3.8) is 0 Å². The van der Waals surface area contributed by atoms with Gasteiger partial charge >= 0.3 is 0 Å². The molecule has 0 bridgehead atoms. The molecule has 2 amide bonds. The summed E-state index contributed by atoms with van der Waals surface area (Å²) in [7, 11) is 0. The van der Waals surface area contributed by atoms with Crippen molar-refractivity contribution in [2.45, 2.75) is 25.7 Å². The molecule has 0 spiro atoms. The van der Waals surface area contributed by atoms with Gasteiger partial charge in [0.25, 0.3) is 5.92 Å². The van der Waals surface area contributed by atoms with Crippen LogP contribution in [0.3, 0.4) is 0 Å². The second kappa shape index (κ2) is 4.23. The van der Waals surface area contributed by atoms with Gasteiger partial charge in [-0.25, -0.2) is 8.78 Å². The van der Waals surface area contributed by atoms with Crippen LogP contribution in [0.25, 0.3) is 0 Å². The molecule has 4 nitrogen and oxygen atoms in total. The number of amides is 2. The summed E-state index contributed by atoms with van der Waals surface area (Å²) in [6, 6.07) is 0. The summed E-state index contributed by atoms with van der Waals surface area (Å²) in [6.45, 7) is 1.71. The first-order valence-corrected chi connectivity index (χ1v) is 5.81. The summed E-state index contributed by atoms with van der Waals surface area (Å²) in [5.74, 6) is -3.07. The normalized spacial score (nSPS) is 24.4. The van der Waals surface area contributed by atoms with Crippen molar-refractivity contribution in [2.75, 3.05) is 26.2 Å². The number of carbonyl (C=O) groups is 2. The lowest BCUT2D eigenvalue weighted by molar-refractivity contribution is -0.171. The van der Waals surface area contributed by atoms with E-state index in [0.717, 1.165) is 0 Å². The molecule has 96 valence electrons. The number of hydrogen-bond acceptors (Lipinski definition) is 2. The molecule has 2 rings (SSSR count). The maximum atomic E-state index is 12.6. The van der Waals surface area contributed by atoms with Crippen molar-refractivity contribution < 1.29 is 18.4 Å². The second-order valence-electron chi connectivity index (χ2n) is 4.83. The molecule has 0 aliphatic carbocycles. The lowest BCUT2D eigenvalue weighted by Gasteiger charge is -2.42. The molecule has 0 radical (unpaired) electrons. The number of carbonyl (C=O) groups excluding carboxylic acids is 2. The van der Waals surface area contributed by atoms with Gasteiger partial charge in [0.1, 0.15) is 0 Å². The van der Waals surface area contributed by atoms with Crippen LogP contribution in [-0.4, -0.2) is 53.7 Å². The number of hydrogen-bond donors (Lipinski definition) is 0. The third-order valence-electron chi connectivity index (χ3n) is 3.45. The highest BCUT2D eigenvalue weighted by molar-refractivity contribution is 5.80. The minimum atomic E-state index is -2.70. The minimum Gasteiger partial charge on any atom is -0.343 e. The first-order valence-electron chi connectivity index (χ1n) is 5.81. The molecule has 0 aromatic heterocycles. The van der Waals surface area contributed by atoms with Gasteiger partial charge in [0.15, 0.2) is 0 Å². The van der Waals surface area contributed by atoms with Gasteiger partial charge in [0, 0.05) is 25.9 Å². The Balaban J connectivity index is 1.81. The third-order valence-corrected chi connectivity index (χ3v) is 3.45. The van der Waals surface area contributed by atoms with Gasteiger partial charge in [-0.2, -0.15) is 0 Å². The predicted molar refractivity (Wildman–Crippen MR) is 56.5 cm³/mol. The third kappa shape index (κ3) is 2.56. The van der Waals surface area contributed by atoms with Crippen LogP contribution in [0.15, 0.2) is 0 Å². The number of likely N-dealkylation sites (tertiary alicyclic amines) is 2. The Morgan fingerprint density at radius 2 is 1.65 bits per heavy atom. The van der Waals surface area contributed by atoms with Crippen molar-refractivity contribution in [1.82, 2.24) is 9.80 Å². The van der Waals surface area contributed by atoms with Gasteiger partial charge in [-0.3, -0.25) is 9.59 Å². The first kappa shape index (κ1) is 12.3. The van der Waals surface area contributed by atoms with E-state index in [0.29, 0.717) is 25.9 Å². The van der Waals surface area contributed by atoms with E-state index in [-0.39, 0.29) is 17.7 Å². The van der Waals surface area contributed by atoms with Gasteiger partial charge in [-0.1, -0.05) is 0 Å². The van der Waals surface area contributed by atoms with E-state index in [1.807, 2.05) is 0 Å². The van der Waals surface area contributed by atoms with E-state index in [9.17, 15) is 18.4 Å². The largest absolute Gasteiger partial charge is 0.343 e. The SMILES string of the molecule is CC(=O)N1CCC(C(=O)N2CC(F)(F)C2)CC1. The zero-order chi connectivity index (χ0) is 12.6. The first-order chi connectivity index (χ1) is 7.89. The molecule has 2 aliphatic heterocycles. The Morgan fingerprint density at radius 1 is 1.12 bits per heavy atom. The Bertz CT molecular complexity index is 330. The van der Waals surface area contributed by atoms with Crippen LogP contribution in [0.1, 0.15) is 19.8 Å². The molecule has 17 heavy (non-hydrogen) atoms. The highest BCUT2D eigenvalue weighted by Crippen LogP contribution is 2.30. The zero-order valence-electron chi connectivity index (χ0n) is 9.79. The molecular formula is C11H16F2N2O2. The van der Waals surface area contributed by atoms with Gasteiger partial charge in [-0.05, 0) is 12.8 Å². The summed E-state index contributed by atoms with van der Waals surface area (Å²) in [5.41, 5.74) is 0. The number of halogens is 2. The maximum absolute atomic E-state index is 12.6. The van der Waals surface area contributed by atoms with E-state index in [4.69, 9.17) is 0 Å². The van der Waals surface area contributed by atoms with Crippen molar-refractivity contribution in [2.24, 2.45) is 5.92 Å². The molecule has 0 atom stereocenters. The molecule has 0 aromatic rings. The van der Waals surface area contributed by atoms with Crippen molar-refractivity contribution in [3.05, 3.63) is 0 Å². The van der Waals surface area contributed by atoms with Gasteiger partial charge < -0.3 is 9.80 Å². The monoisotopic (exact) mass is 246 g/mol. The maximum Gasteiger partial charge on any atom is 0.282 e. The Morgan fingerprint density at radius 3 is 2.06 bits per heavy atom. The molecule has 0 unspecified atom stereocenters. The Kier molecular flexibility index (Phi) is 3.05. The highest BCUT2D eigenvalue weighted by Gasteiger charge is 2.47. The molecule has 6 heteroatoms. The number of alkyl halides is 2. The van der Waals surface area contributed by atoms with E-state index >= 15 is 0 Å². The van der Waals surface area contributed by atoms with E-state index in [2.05, 4.69) is 0 Å². The van der Waals surface area contributed by atoms with E-state index < -0.39 is 19.0 Å². The van der Waals surface area contributed by atoms with Crippen LogP contribution >= 0.6 is 0 Å². The molecule has 2 aliphatic rings. The van der Waals surface area contributed by atoms with Gasteiger partial charge in [-0.15, -0.1) is 0 Å². The van der Waals surface area contributed by atoms with E-state index in [1.165, 1.54) is 11.8 Å². The number of piperidine rings is 1. The average molecular weight is 246 g/mol. The van der Waals surface area contributed by atoms with Crippen molar-refractivity contribution in [1.29, 1.82) is 0 Å². The number of rotatable bonds is 1. The van der Waals surface area contributed by atoms with Crippen LogP contribution in [0.2, 0.25) is 0 Å². The Hall–Kier alpha value is -1.20. The van der Waals surface area contributed by atoms with Gasteiger partial charge in [0.05, 0.1) is 13.1 Å². The minimum absolute atomic E-state index is 0.00591. The van der Waals surface area contributed by atoms with Crippen LogP contribution in [-0.2, 0) is 9.59 Å². The van der Waals surface area contributed by atoms with Crippen LogP contribution in [0.5, 0.6) is 0 Å². The summed E-state index contributed by atoms with van der Waals surface area (Å²) in [6.07, 6.45) is 1.17. The second-order valence-corrected chi connectivity index (χ2v) is 4.83. The van der Waals surface area contributed by atoms with Crippen LogP contribution < -0.4 is 0 Å². The summed E-state index contributed by atoms with van der Waals surface area (Å²) in [5, 5.41) is 0. The zero-order valence-corrected chi connectivity index (χ0v) is 9.79. The fourth-order valence-corrected chi connectivity index (χ4v) is 2.37. The predicted octanol–water partition coefficient (Wildman–Crippen LogP) is 0.722. The molecular weight excluding hydrogens is 230 g/mol. The lowest BCUT2D eigenvalue weighted by atomic mass is 9.93. The lowest BCUT2D eigenvalue weighted by Crippen LogP contribution is -2.60. The summed E-state index contributed by atoms with van der Waals surface area (Å²) in [4.78, 5) is 25.8. The van der Waals surface area contributed by atoms with E-state index in [1.54, 1.807) is 4.90 Å². The van der Waals surface area contributed by atoms with Crippen molar-refractivity contribution in [3.8, 4) is 0 Å². The summed E-state index contributed by atoms with van der Waals surface area (Å²) >= 11 is 0. The number of nitrogens with zero attached hydrogens (tertiary/aromatic N) is 2. The fraction of sp³-hybridized carbons (Fsp3) is 0.818. The topological polar surface area (TPSA) is 40.6 Å². The van der Waals surface area contributed by atoms with Gasteiger partial charge in [0.2, 0.25) is 11.8 Å². The molecule has 0 saturated carbocycles. The van der Waals surface area contributed by atoms with Crippen molar-refractivity contribution >= 4 is 11.8 Å². The standard InChI is InChI=1S/C11H16F2N2O2/c1-8(16)14-4-2-9(3-5-14)10(17)15-6-11(12,13)7-15/h9H,2-7H2,1H3. The average Bonchev–Trinajstić information content (AvgIpc) is 2.25. The van der Waals surface area contributed by atoms with Crippen LogP contribution in [0.4, 0.5) is 8.78 Å². The van der Waals surface area contributed by atoms with Crippen LogP contribution in [0, 0.1) is 5.92 Å². The molecule has 2 heterocycles. The smallest absolute Gasteiger partial charge is 0.282 e. The fourth-order valence-electron chi connectivity index (χ4n) is 2.37. The molecule has 2 saturated heterocycles. The highest BCUT2D eigenvalue weighted by atomic mass is 19.3. The molecule has 2 fully saturated rings. The Labute approximate surface area is 98.6 Å². The summed E-state index contributed by atoms with van der Waals surface area (Å²) < 4.78 is 25.3.